The van der Waals surface area contributed by atoms with Crippen molar-refractivity contribution in [1.29, 1.82) is 0 Å². The van der Waals surface area contributed by atoms with E-state index in [-0.39, 0.29) is 37.2 Å². The van der Waals surface area contributed by atoms with Crippen molar-refractivity contribution >= 4 is 61.5 Å². The van der Waals surface area contributed by atoms with Gasteiger partial charge >= 0.3 is 11.9 Å². The molecule has 3 aromatic heterocycles. The summed E-state index contributed by atoms with van der Waals surface area (Å²) < 4.78 is 12.2. The molecular formula is C27H23BrN4O7S. The zero-order valence-electron chi connectivity index (χ0n) is 22.0. The number of aliphatic hydroxyl groups excluding tert-OH is 1. The number of methoxy groups -OCH3 is 2. The highest BCUT2D eigenvalue weighted by atomic mass is 79.9. The van der Waals surface area contributed by atoms with Crippen molar-refractivity contribution in [3.05, 3.63) is 73.6 Å². The summed E-state index contributed by atoms with van der Waals surface area (Å²) in [5.74, 6) is -3.16. The van der Waals surface area contributed by atoms with Gasteiger partial charge in [-0.15, -0.1) is 0 Å². The van der Waals surface area contributed by atoms with Crippen molar-refractivity contribution in [2.24, 2.45) is 0 Å². The van der Waals surface area contributed by atoms with Crippen LogP contribution in [0, 0.1) is 20.8 Å². The standard InChI is InChI=1S/C27H23BrN4O7S/c1-11-7-6-8-31-13(3)18(30-24(11)31)21(34)17-19(14-9-15(28)20(33)16(10-14)38-4)32(25(36)22(17)35)27-29-12(2)23(40-27)26(37)39-5/h6-10,19,33-34H,1-5H3/b21-17+. The quantitative estimate of drug-likeness (QED) is 0.140. The van der Waals surface area contributed by atoms with Crippen LogP contribution < -0.4 is 9.64 Å². The van der Waals surface area contributed by atoms with Gasteiger partial charge in [0.25, 0.3) is 5.78 Å². The maximum absolute atomic E-state index is 13.6. The van der Waals surface area contributed by atoms with Crippen molar-refractivity contribution in [3.8, 4) is 11.5 Å². The van der Waals surface area contributed by atoms with Gasteiger partial charge < -0.3 is 24.1 Å². The molecule has 40 heavy (non-hydrogen) atoms. The predicted octanol–water partition coefficient (Wildman–Crippen LogP) is 4.61. The molecule has 1 aromatic carbocycles. The van der Waals surface area contributed by atoms with Crippen molar-refractivity contribution in [2.45, 2.75) is 26.8 Å². The number of Topliss-reactive ketones (excluding diaryl/α,β-unsaturated/α-hetero) is 1. The van der Waals surface area contributed by atoms with Gasteiger partial charge in [0.05, 0.1) is 41.7 Å². The first kappa shape index (κ1) is 27.3. The summed E-state index contributed by atoms with van der Waals surface area (Å²) in [4.78, 5) is 49.7. The number of pyridine rings is 1. The fourth-order valence-corrected chi connectivity index (χ4v) is 6.17. The molecule has 4 heterocycles. The Labute approximate surface area is 240 Å². The molecule has 1 fully saturated rings. The van der Waals surface area contributed by atoms with Gasteiger partial charge in [0.2, 0.25) is 0 Å². The number of amides is 1. The summed E-state index contributed by atoms with van der Waals surface area (Å²) in [6.45, 7) is 5.20. The molecule has 1 aliphatic heterocycles. The molecule has 0 aliphatic carbocycles. The van der Waals surface area contributed by atoms with E-state index in [1.165, 1.54) is 26.4 Å². The minimum atomic E-state index is -1.20. The fraction of sp³-hybridized carbons (Fsp3) is 0.222. The summed E-state index contributed by atoms with van der Waals surface area (Å²) in [6.07, 6.45) is 1.78. The average Bonchev–Trinajstić information content (AvgIpc) is 3.57. The van der Waals surface area contributed by atoms with E-state index in [1.54, 1.807) is 24.4 Å². The lowest BCUT2D eigenvalue weighted by Crippen LogP contribution is -2.29. The number of hydrogen-bond donors (Lipinski definition) is 2. The molecule has 0 bridgehead atoms. The molecule has 206 valence electrons. The van der Waals surface area contributed by atoms with Crippen molar-refractivity contribution in [1.82, 2.24) is 14.4 Å². The van der Waals surface area contributed by atoms with Crippen LogP contribution in [0.15, 0.2) is 40.5 Å². The van der Waals surface area contributed by atoms with Crippen LogP contribution in [0.4, 0.5) is 5.13 Å². The number of anilines is 1. The number of nitrogens with zero attached hydrogens (tertiary/aromatic N) is 4. The van der Waals surface area contributed by atoms with E-state index in [1.807, 2.05) is 19.1 Å². The van der Waals surface area contributed by atoms with Crippen molar-refractivity contribution in [3.63, 3.8) is 0 Å². The van der Waals surface area contributed by atoms with Crippen LogP contribution in [-0.4, -0.2) is 56.5 Å². The minimum absolute atomic E-state index is 0.0507. The third-order valence-electron chi connectivity index (χ3n) is 6.70. The molecule has 0 spiro atoms. The molecule has 11 nitrogen and oxygen atoms in total. The molecule has 13 heteroatoms. The first-order valence-corrected chi connectivity index (χ1v) is 13.5. The molecule has 1 saturated heterocycles. The normalized spacial score (nSPS) is 16.6. The van der Waals surface area contributed by atoms with Crippen LogP contribution in [0.5, 0.6) is 11.5 Å². The van der Waals surface area contributed by atoms with Gasteiger partial charge in [0.15, 0.2) is 22.4 Å². The third-order valence-corrected chi connectivity index (χ3v) is 8.44. The topological polar surface area (TPSA) is 144 Å². The molecule has 5 rings (SSSR count). The van der Waals surface area contributed by atoms with Gasteiger partial charge in [-0.1, -0.05) is 17.4 Å². The number of aromatic nitrogens is 3. The van der Waals surface area contributed by atoms with Crippen LogP contribution in [0.1, 0.15) is 43.9 Å². The van der Waals surface area contributed by atoms with Gasteiger partial charge in [-0.2, -0.15) is 0 Å². The van der Waals surface area contributed by atoms with Gasteiger partial charge in [-0.3, -0.25) is 14.5 Å². The Kier molecular flexibility index (Phi) is 6.88. The second kappa shape index (κ2) is 10.1. The highest BCUT2D eigenvalue weighted by molar-refractivity contribution is 9.10. The summed E-state index contributed by atoms with van der Waals surface area (Å²) in [5, 5.41) is 22.1. The second-order valence-electron chi connectivity index (χ2n) is 9.06. The Balaban J connectivity index is 1.80. The number of carbonyl (C=O) groups excluding carboxylic acids is 3. The number of esters is 1. The number of phenols is 1. The first-order valence-electron chi connectivity index (χ1n) is 11.9. The van der Waals surface area contributed by atoms with E-state index < -0.39 is 29.5 Å². The van der Waals surface area contributed by atoms with E-state index in [0.717, 1.165) is 21.8 Å². The van der Waals surface area contributed by atoms with E-state index in [4.69, 9.17) is 9.47 Å². The molecule has 1 unspecified atom stereocenters. The number of ketones is 1. The number of aliphatic hydroxyl groups is 1. The van der Waals surface area contributed by atoms with Crippen LogP contribution >= 0.6 is 27.3 Å². The number of thiazole rings is 1. The zero-order valence-corrected chi connectivity index (χ0v) is 24.4. The van der Waals surface area contributed by atoms with E-state index in [0.29, 0.717) is 22.6 Å². The van der Waals surface area contributed by atoms with E-state index >= 15 is 0 Å². The van der Waals surface area contributed by atoms with Crippen LogP contribution in [0.2, 0.25) is 0 Å². The summed E-state index contributed by atoms with van der Waals surface area (Å²) >= 11 is 4.17. The lowest BCUT2D eigenvalue weighted by molar-refractivity contribution is -0.132. The Morgan fingerprint density at radius 1 is 1.15 bits per heavy atom. The van der Waals surface area contributed by atoms with Crippen molar-refractivity contribution < 1.29 is 34.1 Å². The number of ether oxygens (including phenoxy) is 2. The number of aryl methyl sites for hydroxylation is 3. The Hall–Kier alpha value is -4.23. The maximum Gasteiger partial charge on any atom is 0.350 e. The number of imidazole rings is 1. The van der Waals surface area contributed by atoms with Crippen LogP contribution in [0.25, 0.3) is 11.4 Å². The zero-order chi connectivity index (χ0) is 29.0. The number of halogens is 1. The number of carbonyl (C=O) groups is 3. The molecule has 2 N–H and O–H groups in total. The van der Waals surface area contributed by atoms with Gasteiger partial charge in [-0.05, 0) is 66.0 Å². The largest absolute Gasteiger partial charge is 0.505 e. The highest BCUT2D eigenvalue weighted by Gasteiger charge is 2.49. The number of phenolic OH excluding ortho intramolecular Hbond substituents is 1. The van der Waals surface area contributed by atoms with Crippen LogP contribution in [0.3, 0.4) is 0 Å². The SMILES string of the molecule is COC(=O)c1sc(N2C(=O)C(=O)/C(=C(/O)c3nc4c(C)cccn4c3C)C2c2cc(Br)c(O)c(OC)c2)nc1C. The lowest BCUT2D eigenvalue weighted by atomic mass is 9.96. The number of fused-ring (bicyclic) bond motifs is 1. The lowest BCUT2D eigenvalue weighted by Gasteiger charge is -2.23. The second-order valence-corrected chi connectivity index (χ2v) is 10.9. The summed E-state index contributed by atoms with van der Waals surface area (Å²) in [6, 6.07) is 5.47. The maximum atomic E-state index is 13.6. The van der Waals surface area contributed by atoms with Crippen molar-refractivity contribution in [2.75, 3.05) is 19.1 Å². The third kappa shape index (κ3) is 4.12. The number of hydrogen-bond acceptors (Lipinski definition) is 10. The smallest absolute Gasteiger partial charge is 0.350 e. The Morgan fingerprint density at radius 3 is 2.52 bits per heavy atom. The number of rotatable bonds is 5. The van der Waals surface area contributed by atoms with E-state index in [2.05, 4.69) is 25.9 Å². The Bertz CT molecular complexity index is 1770. The van der Waals surface area contributed by atoms with Gasteiger partial charge in [0.1, 0.15) is 16.2 Å². The average molecular weight is 627 g/mol. The number of aromatic hydroxyl groups is 1. The summed E-state index contributed by atoms with van der Waals surface area (Å²) in [7, 11) is 2.59. The molecule has 0 saturated carbocycles. The number of benzene rings is 1. The predicted molar refractivity (Wildman–Crippen MR) is 150 cm³/mol. The first-order chi connectivity index (χ1) is 19.0. The molecule has 1 amide bonds. The molecule has 1 atom stereocenters. The molecule has 4 aromatic rings. The fourth-order valence-electron chi connectivity index (χ4n) is 4.69. The molecular weight excluding hydrogens is 604 g/mol. The highest BCUT2D eigenvalue weighted by Crippen LogP contribution is 2.47. The van der Waals surface area contributed by atoms with E-state index in [9.17, 15) is 24.6 Å². The molecule has 1 aliphatic rings. The van der Waals surface area contributed by atoms with Gasteiger partial charge in [0, 0.05) is 6.20 Å². The minimum Gasteiger partial charge on any atom is -0.505 e. The summed E-state index contributed by atoms with van der Waals surface area (Å²) in [5.41, 5.74) is 2.52. The monoisotopic (exact) mass is 626 g/mol. The van der Waals surface area contributed by atoms with Crippen LogP contribution in [-0.2, 0) is 14.3 Å². The Morgan fingerprint density at radius 2 is 1.88 bits per heavy atom. The van der Waals surface area contributed by atoms with Gasteiger partial charge in [-0.25, -0.2) is 14.8 Å². The molecule has 0 radical (unpaired) electrons.